The zero-order valence-corrected chi connectivity index (χ0v) is 12.5. The molecule has 1 saturated carbocycles. The molecule has 20 heavy (non-hydrogen) atoms. The molecule has 0 unspecified atom stereocenters. The van der Waals surface area contributed by atoms with E-state index in [1.165, 1.54) is 38.2 Å². The summed E-state index contributed by atoms with van der Waals surface area (Å²) < 4.78 is 19.5. The predicted molar refractivity (Wildman–Crippen MR) is 80.7 cm³/mol. The average Bonchev–Trinajstić information content (AvgIpc) is 2.49. The molecule has 1 aliphatic carbocycles. The van der Waals surface area contributed by atoms with E-state index in [4.69, 9.17) is 4.74 Å². The van der Waals surface area contributed by atoms with Crippen molar-refractivity contribution in [2.75, 3.05) is 20.2 Å². The van der Waals surface area contributed by atoms with Crippen LogP contribution in [0.4, 0.5) is 4.39 Å². The van der Waals surface area contributed by atoms with Crippen molar-refractivity contribution in [3.63, 3.8) is 0 Å². The fourth-order valence-electron chi connectivity index (χ4n) is 2.84. The first-order chi connectivity index (χ1) is 9.79. The highest BCUT2D eigenvalue weighted by molar-refractivity contribution is 5.30. The minimum atomic E-state index is -0.238. The molecule has 1 fully saturated rings. The normalized spacial score (nSPS) is 16.3. The minimum Gasteiger partial charge on any atom is -0.490 e. The smallest absolute Gasteiger partial charge is 0.165 e. The highest BCUT2D eigenvalue weighted by atomic mass is 19.1. The van der Waals surface area contributed by atoms with Crippen LogP contribution in [0.1, 0.15) is 44.1 Å². The summed E-state index contributed by atoms with van der Waals surface area (Å²) in [6.07, 6.45) is 8.39. The molecule has 3 heteroatoms. The molecule has 0 amide bonds. The van der Waals surface area contributed by atoms with Crippen molar-refractivity contribution in [3.8, 4) is 5.75 Å². The minimum absolute atomic E-state index is 0.238. The average molecular weight is 279 g/mol. The molecule has 0 aliphatic heterocycles. The summed E-state index contributed by atoms with van der Waals surface area (Å²) in [5, 5.41) is 3.13. The Bertz CT molecular complexity index is 402. The monoisotopic (exact) mass is 279 g/mol. The van der Waals surface area contributed by atoms with Crippen LogP contribution in [0.2, 0.25) is 0 Å². The van der Waals surface area contributed by atoms with Crippen molar-refractivity contribution in [2.45, 2.75) is 44.9 Å². The van der Waals surface area contributed by atoms with E-state index in [0.29, 0.717) is 18.3 Å². The van der Waals surface area contributed by atoms with Gasteiger partial charge in [-0.3, -0.25) is 0 Å². The van der Waals surface area contributed by atoms with Gasteiger partial charge in [0.1, 0.15) is 0 Å². The molecule has 1 aromatic rings. The van der Waals surface area contributed by atoms with Gasteiger partial charge >= 0.3 is 0 Å². The number of ether oxygens (including phenoxy) is 1. The van der Waals surface area contributed by atoms with Gasteiger partial charge in [0.15, 0.2) is 11.6 Å². The maximum Gasteiger partial charge on any atom is 0.165 e. The van der Waals surface area contributed by atoms with Gasteiger partial charge in [0.05, 0.1) is 6.61 Å². The van der Waals surface area contributed by atoms with Gasteiger partial charge in [-0.1, -0.05) is 25.3 Å². The molecule has 0 heterocycles. The van der Waals surface area contributed by atoms with Crippen molar-refractivity contribution >= 4 is 0 Å². The maximum absolute atomic E-state index is 13.8. The fraction of sp³-hybridized carbons (Fsp3) is 0.647. The number of benzene rings is 1. The van der Waals surface area contributed by atoms with Gasteiger partial charge in [-0.15, -0.1) is 0 Å². The summed E-state index contributed by atoms with van der Waals surface area (Å²) in [5.41, 5.74) is 1.15. The Labute approximate surface area is 121 Å². The van der Waals surface area contributed by atoms with Crippen LogP contribution < -0.4 is 10.1 Å². The van der Waals surface area contributed by atoms with Crippen LogP contribution in [-0.4, -0.2) is 20.2 Å². The number of nitrogens with one attached hydrogen (secondary N) is 1. The molecule has 0 atom stereocenters. The third-order valence-electron chi connectivity index (χ3n) is 4.09. The number of rotatable bonds is 7. The summed E-state index contributed by atoms with van der Waals surface area (Å²) in [6, 6.07) is 5.26. The van der Waals surface area contributed by atoms with Crippen molar-refractivity contribution in [2.24, 2.45) is 5.92 Å². The standard InChI is InChI=1S/C17H26FNO/c1-19-11-5-8-14-9-10-16(18)17(12-14)20-13-15-6-3-2-4-7-15/h9-10,12,15,19H,2-8,11,13H2,1H3. The molecular weight excluding hydrogens is 253 g/mol. The van der Waals surface area contributed by atoms with Crippen molar-refractivity contribution < 1.29 is 9.13 Å². The molecule has 2 nitrogen and oxygen atoms in total. The maximum atomic E-state index is 13.8. The van der Waals surface area contributed by atoms with E-state index in [2.05, 4.69) is 5.32 Å². The summed E-state index contributed by atoms with van der Waals surface area (Å²) in [4.78, 5) is 0. The van der Waals surface area contributed by atoms with Crippen LogP contribution in [0.5, 0.6) is 5.75 Å². The van der Waals surface area contributed by atoms with Gasteiger partial charge in [-0.25, -0.2) is 4.39 Å². The second kappa shape index (κ2) is 8.25. The number of hydrogen-bond donors (Lipinski definition) is 1. The lowest BCUT2D eigenvalue weighted by Crippen LogP contribution is -2.15. The van der Waals surface area contributed by atoms with E-state index >= 15 is 0 Å². The molecule has 112 valence electrons. The van der Waals surface area contributed by atoms with Gasteiger partial charge in [0.25, 0.3) is 0 Å². The van der Waals surface area contributed by atoms with E-state index in [-0.39, 0.29) is 5.82 Å². The zero-order valence-electron chi connectivity index (χ0n) is 12.5. The lowest BCUT2D eigenvalue weighted by atomic mass is 9.90. The van der Waals surface area contributed by atoms with Gasteiger partial charge in [0, 0.05) is 0 Å². The van der Waals surface area contributed by atoms with E-state index < -0.39 is 0 Å². The first-order valence-electron chi connectivity index (χ1n) is 7.85. The second-order valence-corrected chi connectivity index (χ2v) is 5.79. The Kier molecular flexibility index (Phi) is 6.31. The van der Waals surface area contributed by atoms with E-state index in [0.717, 1.165) is 24.9 Å². The van der Waals surface area contributed by atoms with E-state index in [1.54, 1.807) is 0 Å². The summed E-state index contributed by atoms with van der Waals surface area (Å²) >= 11 is 0. The summed E-state index contributed by atoms with van der Waals surface area (Å²) in [6.45, 7) is 1.65. The van der Waals surface area contributed by atoms with E-state index in [9.17, 15) is 4.39 Å². The number of halogens is 1. The molecule has 2 rings (SSSR count). The van der Waals surface area contributed by atoms with Crippen molar-refractivity contribution in [3.05, 3.63) is 29.6 Å². The van der Waals surface area contributed by atoms with E-state index in [1.807, 2.05) is 19.2 Å². The molecule has 0 bridgehead atoms. The Morgan fingerprint density at radius 3 is 2.80 bits per heavy atom. The third-order valence-corrected chi connectivity index (χ3v) is 4.09. The quantitative estimate of drug-likeness (QED) is 0.763. The topological polar surface area (TPSA) is 21.3 Å². The van der Waals surface area contributed by atoms with Crippen LogP contribution in [-0.2, 0) is 6.42 Å². The lowest BCUT2D eigenvalue weighted by Gasteiger charge is -2.22. The highest BCUT2D eigenvalue weighted by Crippen LogP contribution is 2.26. The van der Waals surface area contributed by atoms with Gasteiger partial charge in [-0.2, -0.15) is 0 Å². The van der Waals surface area contributed by atoms with Crippen LogP contribution in [0, 0.1) is 11.7 Å². The Hall–Kier alpha value is -1.09. The summed E-state index contributed by atoms with van der Waals surface area (Å²) in [7, 11) is 1.95. The number of hydrogen-bond acceptors (Lipinski definition) is 2. The van der Waals surface area contributed by atoms with Crippen molar-refractivity contribution in [1.82, 2.24) is 5.32 Å². The van der Waals surface area contributed by atoms with Crippen LogP contribution >= 0.6 is 0 Å². The van der Waals surface area contributed by atoms with Crippen molar-refractivity contribution in [1.29, 1.82) is 0 Å². The molecule has 0 radical (unpaired) electrons. The van der Waals surface area contributed by atoms with Gasteiger partial charge < -0.3 is 10.1 Å². The molecule has 1 aromatic carbocycles. The predicted octanol–water partition coefficient (Wildman–Crippen LogP) is 3.94. The Morgan fingerprint density at radius 1 is 1.25 bits per heavy atom. The first-order valence-corrected chi connectivity index (χ1v) is 7.85. The molecule has 0 saturated heterocycles. The molecule has 1 N–H and O–H groups in total. The Morgan fingerprint density at radius 2 is 2.05 bits per heavy atom. The lowest BCUT2D eigenvalue weighted by molar-refractivity contribution is 0.202. The fourth-order valence-corrected chi connectivity index (χ4v) is 2.84. The molecule has 1 aliphatic rings. The number of aryl methyl sites for hydroxylation is 1. The highest BCUT2D eigenvalue weighted by Gasteiger charge is 2.15. The van der Waals surface area contributed by atoms with Crippen LogP contribution in [0.25, 0.3) is 0 Å². The molecular formula is C17H26FNO. The van der Waals surface area contributed by atoms with Gasteiger partial charge in [0.2, 0.25) is 0 Å². The zero-order chi connectivity index (χ0) is 14.2. The summed E-state index contributed by atoms with van der Waals surface area (Å²) in [5.74, 6) is 0.798. The molecule has 0 spiro atoms. The largest absolute Gasteiger partial charge is 0.490 e. The molecule has 0 aromatic heterocycles. The second-order valence-electron chi connectivity index (χ2n) is 5.79. The Balaban J connectivity index is 1.86. The SMILES string of the molecule is CNCCCc1ccc(F)c(OCC2CCCCC2)c1. The van der Waals surface area contributed by atoms with Gasteiger partial charge in [-0.05, 0) is 62.9 Å². The third kappa shape index (κ3) is 4.78. The van der Waals surface area contributed by atoms with Crippen LogP contribution in [0.3, 0.4) is 0 Å². The van der Waals surface area contributed by atoms with Crippen LogP contribution in [0.15, 0.2) is 18.2 Å². The first kappa shape index (κ1) is 15.3.